The van der Waals surface area contributed by atoms with Gasteiger partial charge in [0.15, 0.2) is 0 Å². The maximum atomic E-state index is 11.5. The maximum Gasteiger partial charge on any atom is 0.314 e. The molecule has 0 fully saturated rings. The molecule has 0 amide bonds. The molecule has 0 saturated heterocycles. The summed E-state index contributed by atoms with van der Waals surface area (Å²) >= 11 is 3.31. The molecule has 0 saturated carbocycles. The zero-order chi connectivity index (χ0) is 11.3. The number of ether oxygens (including phenoxy) is 1. The SMILES string of the molecule is C[C@@H](CCN)C(=O)Oc1ccc(Br)cc1. The number of halogens is 1. The lowest BCUT2D eigenvalue weighted by Gasteiger charge is -2.09. The highest BCUT2D eigenvalue weighted by Gasteiger charge is 2.13. The fourth-order valence-electron chi connectivity index (χ4n) is 1.09. The second-order valence-corrected chi connectivity index (χ2v) is 4.27. The van der Waals surface area contributed by atoms with Crippen molar-refractivity contribution in [2.45, 2.75) is 13.3 Å². The average Bonchev–Trinajstić information content (AvgIpc) is 2.22. The Morgan fingerprint density at radius 2 is 2.07 bits per heavy atom. The standard InChI is InChI=1S/C11H14BrNO2/c1-8(6-7-13)11(14)15-10-4-2-9(12)3-5-10/h2-5,8H,6-7,13H2,1H3/t8-/m0/s1. The van der Waals surface area contributed by atoms with E-state index >= 15 is 0 Å². The Hall–Kier alpha value is -0.870. The number of carbonyl (C=O) groups is 1. The summed E-state index contributed by atoms with van der Waals surface area (Å²) in [4.78, 5) is 11.5. The van der Waals surface area contributed by atoms with Crippen LogP contribution in [0.5, 0.6) is 5.75 Å². The van der Waals surface area contributed by atoms with E-state index in [4.69, 9.17) is 10.5 Å². The number of hydrogen-bond acceptors (Lipinski definition) is 3. The highest BCUT2D eigenvalue weighted by Crippen LogP contribution is 2.17. The second-order valence-electron chi connectivity index (χ2n) is 3.35. The van der Waals surface area contributed by atoms with Gasteiger partial charge in [0.1, 0.15) is 5.75 Å². The van der Waals surface area contributed by atoms with Crippen molar-refractivity contribution >= 4 is 21.9 Å². The van der Waals surface area contributed by atoms with E-state index in [0.717, 1.165) is 4.47 Å². The van der Waals surface area contributed by atoms with Crippen LogP contribution < -0.4 is 10.5 Å². The van der Waals surface area contributed by atoms with Gasteiger partial charge < -0.3 is 10.5 Å². The maximum absolute atomic E-state index is 11.5. The third-order valence-electron chi connectivity index (χ3n) is 2.03. The molecule has 1 aromatic rings. The topological polar surface area (TPSA) is 52.3 Å². The summed E-state index contributed by atoms with van der Waals surface area (Å²) in [6.07, 6.45) is 0.648. The predicted octanol–water partition coefficient (Wildman–Crippen LogP) is 2.34. The average molecular weight is 272 g/mol. The molecule has 0 aliphatic carbocycles. The van der Waals surface area contributed by atoms with Crippen LogP contribution >= 0.6 is 15.9 Å². The fourth-order valence-corrected chi connectivity index (χ4v) is 1.35. The van der Waals surface area contributed by atoms with Gasteiger partial charge in [-0.1, -0.05) is 22.9 Å². The summed E-state index contributed by atoms with van der Waals surface area (Å²) in [5.74, 6) is 0.175. The van der Waals surface area contributed by atoms with E-state index in [1.165, 1.54) is 0 Å². The number of benzene rings is 1. The molecule has 0 heterocycles. The molecule has 82 valence electrons. The van der Waals surface area contributed by atoms with Gasteiger partial charge in [0.2, 0.25) is 0 Å². The highest BCUT2D eigenvalue weighted by molar-refractivity contribution is 9.10. The van der Waals surface area contributed by atoms with Gasteiger partial charge >= 0.3 is 5.97 Å². The third-order valence-corrected chi connectivity index (χ3v) is 2.56. The van der Waals surface area contributed by atoms with Gasteiger partial charge in [-0.2, -0.15) is 0 Å². The highest BCUT2D eigenvalue weighted by atomic mass is 79.9. The van der Waals surface area contributed by atoms with Gasteiger partial charge in [0.25, 0.3) is 0 Å². The molecule has 0 bridgehead atoms. The molecule has 0 aromatic heterocycles. The zero-order valence-electron chi connectivity index (χ0n) is 8.57. The van der Waals surface area contributed by atoms with Crippen LogP contribution in [-0.4, -0.2) is 12.5 Å². The lowest BCUT2D eigenvalue weighted by atomic mass is 10.1. The van der Waals surface area contributed by atoms with Crippen molar-refractivity contribution in [2.24, 2.45) is 11.7 Å². The largest absolute Gasteiger partial charge is 0.426 e. The molecule has 0 unspecified atom stereocenters. The van der Waals surface area contributed by atoms with Crippen LogP contribution in [0.15, 0.2) is 28.7 Å². The van der Waals surface area contributed by atoms with Gasteiger partial charge in [-0.15, -0.1) is 0 Å². The van der Waals surface area contributed by atoms with Crippen LogP contribution in [0, 0.1) is 5.92 Å². The first kappa shape index (κ1) is 12.2. The Balaban J connectivity index is 2.54. The van der Waals surface area contributed by atoms with Crippen LogP contribution in [-0.2, 0) is 4.79 Å². The molecule has 3 nitrogen and oxygen atoms in total. The van der Waals surface area contributed by atoms with Crippen LogP contribution in [0.3, 0.4) is 0 Å². The Morgan fingerprint density at radius 3 is 2.60 bits per heavy atom. The first-order chi connectivity index (χ1) is 7.13. The minimum absolute atomic E-state index is 0.154. The third kappa shape index (κ3) is 4.01. The van der Waals surface area contributed by atoms with E-state index < -0.39 is 0 Å². The van der Waals surface area contributed by atoms with Crippen molar-refractivity contribution in [3.8, 4) is 5.75 Å². The first-order valence-corrected chi connectivity index (χ1v) is 5.60. The lowest BCUT2D eigenvalue weighted by Crippen LogP contribution is -2.20. The zero-order valence-corrected chi connectivity index (χ0v) is 10.2. The van der Waals surface area contributed by atoms with Crippen LogP contribution in [0.4, 0.5) is 0 Å². The lowest BCUT2D eigenvalue weighted by molar-refractivity contribution is -0.138. The molecule has 1 rings (SSSR count). The van der Waals surface area contributed by atoms with Crippen LogP contribution in [0.1, 0.15) is 13.3 Å². The number of esters is 1. The van der Waals surface area contributed by atoms with Gasteiger partial charge in [-0.05, 0) is 37.2 Å². The molecular formula is C11H14BrNO2. The minimum Gasteiger partial charge on any atom is -0.426 e. The van der Waals surface area contributed by atoms with Crippen molar-refractivity contribution in [1.82, 2.24) is 0 Å². The van der Waals surface area contributed by atoms with Crippen LogP contribution in [0.2, 0.25) is 0 Å². The quantitative estimate of drug-likeness (QED) is 0.676. The normalized spacial score (nSPS) is 12.2. The smallest absolute Gasteiger partial charge is 0.314 e. The number of nitrogens with two attached hydrogens (primary N) is 1. The van der Waals surface area contributed by atoms with E-state index in [1.807, 2.05) is 19.1 Å². The van der Waals surface area contributed by atoms with Crippen LogP contribution in [0.25, 0.3) is 0 Å². The summed E-state index contributed by atoms with van der Waals surface area (Å²) < 4.78 is 6.12. The fraction of sp³-hybridized carbons (Fsp3) is 0.364. The molecule has 0 aliphatic rings. The molecule has 0 aliphatic heterocycles. The number of carbonyl (C=O) groups excluding carboxylic acids is 1. The van der Waals surface area contributed by atoms with Crippen molar-refractivity contribution in [3.63, 3.8) is 0 Å². The Labute approximate surface area is 97.7 Å². The molecule has 0 radical (unpaired) electrons. The molecule has 1 atom stereocenters. The van der Waals surface area contributed by atoms with E-state index in [0.29, 0.717) is 18.7 Å². The van der Waals surface area contributed by atoms with Crippen molar-refractivity contribution in [3.05, 3.63) is 28.7 Å². The molecule has 0 spiro atoms. The van der Waals surface area contributed by atoms with E-state index in [9.17, 15) is 4.79 Å². The van der Waals surface area contributed by atoms with Gasteiger partial charge in [0, 0.05) is 4.47 Å². The van der Waals surface area contributed by atoms with E-state index in [2.05, 4.69) is 15.9 Å². The number of hydrogen-bond donors (Lipinski definition) is 1. The van der Waals surface area contributed by atoms with Gasteiger partial charge in [-0.25, -0.2) is 0 Å². The van der Waals surface area contributed by atoms with Gasteiger partial charge in [-0.3, -0.25) is 4.79 Å². The Bertz CT molecular complexity index is 324. The monoisotopic (exact) mass is 271 g/mol. The first-order valence-electron chi connectivity index (χ1n) is 4.81. The van der Waals surface area contributed by atoms with E-state index in [-0.39, 0.29) is 11.9 Å². The molecule has 4 heteroatoms. The summed E-state index contributed by atoms with van der Waals surface area (Å²) in [5.41, 5.74) is 5.37. The van der Waals surface area contributed by atoms with E-state index in [1.54, 1.807) is 12.1 Å². The molecule has 15 heavy (non-hydrogen) atoms. The van der Waals surface area contributed by atoms with Crippen molar-refractivity contribution in [1.29, 1.82) is 0 Å². The molecule has 1 aromatic carbocycles. The Morgan fingerprint density at radius 1 is 1.47 bits per heavy atom. The summed E-state index contributed by atoms with van der Waals surface area (Å²) in [7, 11) is 0. The summed E-state index contributed by atoms with van der Waals surface area (Å²) in [6, 6.07) is 7.15. The van der Waals surface area contributed by atoms with Crippen molar-refractivity contribution in [2.75, 3.05) is 6.54 Å². The summed E-state index contributed by atoms with van der Waals surface area (Å²) in [6.45, 7) is 2.31. The van der Waals surface area contributed by atoms with Gasteiger partial charge in [0.05, 0.1) is 5.92 Å². The molecular weight excluding hydrogens is 258 g/mol. The predicted molar refractivity (Wildman–Crippen MR) is 62.6 cm³/mol. The van der Waals surface area contributed by atoms with Crippen molar-refractivity contribution < 1.29 is 9.53 Å². The minimum atomic E-state index is -0.234. The number of rotatable bonds is 4. The second kappa shape index (κ2) is 5.88. The Kier molecular flexibility index (Phi) is 4.78. The summed E-state index contributed by atoms with van der Waals surface area (Å²) in [5, 5.41) is 0. The molecule has 2 N–H and O–H groups in total.